The zero-order valence-corrected chi connectivity index (χ0v) is 26.8. The molecule has 38 heavy (non-hydrogen) atoms. The molecule has 0 radical (unpaired) electrons. The molecule has 0 aromatic carbocycles. The summed E-state index contributed by atoms with van der Waals surface area (Å²) >= 11 is 3.03. The fourth-order valence-electron chi connectivity index (χ4n) is 3.31. The summed E-state index contributed by atoms with van der Waals surface area (Å²) in [6.45, 7) is 0. The first kappa shape index (κ1) is 32.5. The number of rotatable bonds is 8. The summed E-state index contributed by atoms with van der Waals surface area (Å²) in [6.07, 6.45) is 0. The minimum atomic E-state index is -1.58. The molecule has 2 aliphatic rings. The summed E-state index contributed by atoms with van der Waals surface area (Å²) in [5.41, 5.74) is 4.21. The van der Waals surface area contributed by atoms with Crippen molar-refractivity contribution < 1.29 is 88.5 Å². The number of anilines is 1. The second-order valence-electron chi connectivity index (χ2n) is 7.10. The van der Waals surface area contributed by atoms with Crippen molar-refractivity contribution in [3.63, 3.8) is 0 Å². The topological polar surface area (TPSA) is 234 Å². The molecule has 0 aliphatic carbocycles. The Morgan fingerprint density at radius 3 is 2.63 bits per heavy atom. The van der Waals surface area contributed by atoms with E-state index in [0.29, 0.717) is 5.57 Å². The van der Waals surface area contributed by atoms with Gasteiger partial charge in [-0.1, -0.05) is 16.9 Å². The fraction of sp³-hybridized carbons (Fsp3) is 0.353. The maximum atomic E-state index is 12.9. The SMILES string of the molecule is CON=C(C(=O)NC1C(=O)N2C(C(=O)[O-])=C(CSc3nc(=O)c([O-])nn3C)CS[C@@H]12)c1nsc(N)n1.[Na+].[Na+]. The summed E-state index contributed by atoms with van der Waals surface area (Å²) in [6, 6.07) is -1.06. The Bertz CT molecular complexity index is 1380. The maximum Gasteiger partial charge on any atom is 1.00 e. The van der Waals surface area contributed by atoms with Gasteiger partial charge in [-0.3, -0.25) is 19.3 Å². The predicted molar refractivity (Wildman–Crippen MR) is 122 cm³/mol. The van der Waals surface area contributed by atoms with Gasteiger partial charge in [0.05, 0.1) is 17.5 Å². The molecular weight excluding hydrogens is 584 g/mol. The smallest absolute Gasteiger partial charge is 0.854 e. The van der Waals surface area contributed by atoms with Crippen molar-refractivity contribution in [2.24, 2.45) is 12.2 Å². The second-order valence-corrected chi connectivity index (χ2v) is 9.93. The van der Waals surface area contributed by atoms with Gasteiger partial charge in [-0.15, -0.1) is 11.8 Å². The molecule has 0 bridgehead atoms. The van der Waals surface area contributed by atoms with Crippen LogP contribution in [0.5, 0.6) is 5.88 Å². The molecule has 4 heterocycles. The normalized spacial score (nSPS) is 18.5. The summed E-state index contributed by atoms with van der Waals surface area (Å²) in [4.78, 5) is 62.3. The Morgan fingerprint density at radius 2 is 2.03 bits per heavy atom. The summed E-state index contributed by atoms with van der Waals surface area (Å²) in [5, 5.41) is 32.3. The number of fused-ring (bicyclic) bond motifs is 1. The number of carboxylic acids is 1. The molecule has 21 heteroatoms. The number of amides is 2. The Kier molecular flexibility index (Phi) is 11.6. The molecule has 2 atom stereocenters. The average molecular weight is 600 g/mol. The molecule has 0 spiro atoms. The number of oxime groups is 1. The third kappa shape index (κ3) is 6.53. The first-order valence-electron chi connectivity index (χ1n) is 9.77. The molecule has 2 aromatic heterocycles. The molecule has 1 fully saturated rings. The molecular formula is C17H15N9Na2O7S3. The van der Waals surface area contributed by atoms with Crippen molar-refractivity contribution in [1.29, 1.82) is 0 Å². The number of nitrogens with two attached hydrogens (primary N) is 1. The number of carboxylic acid groups (broad SMARTS) is 1. The number of aryl methyl sites for hydroxylation is 1. The molecule has 2 aliphatic heterocycles. The number of carbonyl (C=O) groups excluding carboxylic acids is 3. The van der Waals surface area contributed by atoms with Crippen molar-refractivity contribution in [2.75, 3.05) is 24.3 Å². The van der Waals surface area contributed by atoms with Crippen LogP contribution in [-0.4, -0.2) is 82.5 Å². The third-order valence-corrected chi connectivity index (χ3v) is 7.84. The Hall–Kier alpha value is -1.71. The summed E-state index contributed by atoms with van der Waals surface area (Å²) < 4.78 is 5.01. The molecule has 1 saturated heterocycles. The van der Waals surface area contributed by atoms with Gasteiger partial charge in [-0.2, -0.15) is 19.4 Å². The van der Waals surface area contributed by atoms with Crippen LogP contribution in [0.25, 0.3) is 0 Å². The number of nitrogens with one attached hydrogen (secondary N) is 1. The number of hydrogen-bond donors (Lipinski definition) is 2. The molecule has 0 saturated carbocycles. The van der Waals surface area contributed by atoms with Gasteiger partial charge in [0.15, 0.2) is 10.3 Å². The Labute approximate surface area is 270 Å². The number of thioether (sulfide) groups is 2. The van der Waals surface area contributed by atoms with Crippen LogP contribution in [0.4, 0.5) is 5.13 Å². The van der Waals surface area contributed by atoms with Gasteiger partial charge in [-0.05, 0) is 5.57 Å². The van der Waals surface area contributed by atoms with Crippen molar-refractivity contribution in [2.45, 2.75) is 16.6 Å². The first-order chi connectivity index (χ1) is 17.1. The summed E-state index contributed by atoms with van der Waals surface area (Å²) in [5.74, 6) is -3.95. The van der Waals surface area contributed by atoms with Crippen LogP contribution in [0.1, 0.15) is 5.82 Å². The van der Waals surface area contributed by atoms with Crippen LogP contribution in [-0.2, 0) is 26.3 Å². The second kappa shape index (κ2) is 13.6. The van der Waals surface area contributed by atoms with Crippen molar-refractivity contribution in [1.82, 2.24) is 34.3 Å². The van der Waals surface area contributed by atoms with Gasteiger partial charge >= 0.3 is 59.1 Å². The van der Waals surface area contributed by atoms with E-state index < -0.39 is 40.6 Å². The van der Waals surface area contributed by atoms with E-state index >= 15 is 0 Å². The Balaban J connectivity index is 0.00000253. The molecule has 2 aromatic rings. The zero-order chi connectivity index (χ0) is 26.1. The molecule has 3 N–H and O–H groups in total. The number of nitrogens with zero attached hydrogens (tertiary/aromatic N) is 7. The van der Waals surface area contributed by atoms with E-state index in [1.807, 2.05) is 0 Å². The monoisotopic (exact) mass is 599 g/mol. The van der Waals surface area contributed by atoms with E-state index in [2.05, 4.69) is 34.8 Å². The fourth-order valence-corrected chi connectivity index (χ4v) is 6.13. The van der Waals surface area contributed by atoms with Gasteiger partial charge in [0, 0.05) is 30.1 Å². The van der Waals surface area contributed by atoms with Gasteiger partial charge in [0.25, 0.3) is 17.4 Å². The van der Waals surface area contributed by atoms with Gasteiger partial charge < -0.3 is 30.9 Å². The standard InChI is InChI=1S/C17H17N9O7S3.2Na/c1-25-17(21-11(28)12(29)22-25)35-4-5-3-34-14-7(13(30)26(14)8(5)15(31)32)19-10(27)6(23-33-2)9-20-16(18)36-24-9;;/h7,14H,3-4H2,1-2H3,(H,19,27)(H,22,29)(H,31,32)(H2,18,20,24);;/q;2*+1/p-2/t7?,14-;;/m0../s1. The molecule has 1 unspecified atom stereocenters. The largest absolute Gasteiger partial charge is 1.00 e. The van der Waals surface area contributed by atoms with E-state index in [1.54, 1.807) is 0 Å². The van der Waals surface area contributed by atoms with Crippen molar-refractivity contribution in [3.05, 3.63) is 27.4 Å². The number of carbonyl (C=O) groups is 3. The number of aliphatic carboxylic acids is 1. The van der Waals surface area contributed by atoms with E-state index in [0.717, 1.165) is 32.9 Å². The number of aromatic nitrogens is 5. The van der Waals surface area contributed by atoms with Crippen molar-refractivity contribution >= 4 is 63.7 Å². The zero-order valence-electron chi connectivity index (χ0n) is 20.4. The van der Waals surface area contributed by atoms with Gasteiger partial charge in [0.2, 0.25) is 11.5 Å². The molecule has 4 rings (SSSR count). The summed E-state index contributed by atoms with van der Waals surface area (Å²) in [7, 11) is 2.63. The van der Waals surface area contributed by atoms with Crippen LogP contribution in [0.2, 0.25) is 0 Å². The first-order valence-corrected chi connectivity index (χ1v) is 12.6. The number of hydrogen-bond acceptors (Lipinski definition) is 16. The van der Waals surface area contributed by atoms with Crippen LogP contribution in [0.3, 0.4) is 0 Å². The van der Waals surface area contributed by atoms with Crippen LogP contribution < -0.4 is 85.9 Å². The molecule has 190 valence electrons. The van der Waals surface area contributed by atoms with Crippen LogP contribution >= 0.6 is 35.1 Å². The Morgan fingerprint density at radius 1 is 1.32 bits per heavy atom. The van der Waals surface area contributed by atoms with Crippen LogP contribution in [0.15, 0.2) is 26.4 Å². The van der Waals surface area contributed by atoms with Gasteiger partial charge in [-0.25, -0.2) is 4.68 Å². The van der Waals surface area contributed by atoms with E-state index in [1.165, 1.54) is 25.9 Å². The minimum Gasteiger partial charge on any atom is -0.854 e. The maximum absolute atomic E-state index is 12.9. The van der Waals surface area contributed by atoms with E-state index in [4.69, 9.17) is 5.73 Å². The minimum absolute atomic E-state index is 0. The third-order valence-electron chi connectivity index (χ3n) is 4.85. The van der Waals surface area contributed by atoms with Gasteiger partial charge in [0.1, 0.15) is 18.5 Å². The number of β-lactam (4-membered cyclic amide) rings is 1. The molecule has 16 nitrogen and oxygen atoms in total. The number of nitrogen functional groups attached to an aromatic ring is 1. The quantitative estimate of drug-likeness (QED) is 0.0943. The van der Waals surface area contributed by atoms with E-state index in [9.17, 15) is 29.4 Å². The van der Waals surface area contributed by atoms with Crippen molar-refractivity contribution in [3.8, 4) is 5.88 Å². The van der Waals surface area contributed by atoms with E-state index in [-0.39, 0.29) is 98.1 Å². The average Bonchev–Trinajstić information content (AvgIpc) is 3.27. The molecule has 2 amide bonds. The predicted octanol–water partition coefficient (Wildman–Crippen LogP) is -9.76. The van der Waals surface area contributed by atoms with Crippen LogP contribution in [0, 0.1) is 0 Å².